The highest BCUT2D eigenvalue weighted by molar-refractivity contribution is 9.13. The van der Waals surface area contributed by atoms with Gasteiger partial charge in [-0.05, 0) is 68.3 Å². The van der Waals surface area contributed by atoms with Crippen molar-refractivity contribution in [3.63, 3.8) is 0 Å². The Labute approximate surface area is 134 Å². The lowest BCUT2D eigenvalue weighted by molar-refractivity contribution is 0.479. The van der Waals surface area contributed by atoms with Crippen molar-refractivity contribution in [1.82, 2.24) is 0 Å². The Morgan fingerprint density at radius 3 is 2.79 bits per heavy atom. The van der Waals surface area contributed by atoms with Gasteiger partial charge in [0.05, 0.1) is 3.79 Å². The van der Waals surface area contributed by atoms with Crippen molar-refractivity contribution in [3.05, 3.63) is 54.6 Å². The van der Waals surface area contributed by atoms with E-state index in [1.807, 2.05) is 0 Å². The second-order valence-corrected chi connectivity index (χ2v) is 8.25. The molecular formula is C15H15Br2NS. The maximum atomic E-state index is 6.54. The molecule has 1 aromatic carbocycles. The smallest absolute Gasteiger partial charge is 0.0843 e. The molecule has 1 aromatic heterocycles. The minimum atomic E-state index is 0.0917. The molecule has 1 nitrogen and oxygen atoms in total. The number of thiophene rings is 1. The Morgan fingerprint density at radius 1 is 1.26 bits per heavy atom. The van der Waals surface area contributed by atoms with Crippen LogP contribution in [-0.4, -0.2) is 0 Å². The van der Waals surface area contributed by atoms with Gasteiger partial charge in [-0.15, -0.1) is 11.3 Å². The number of halogens is 2. The van der Waals surface area contributed by atoms with Gasteiger partial charge in [-0.3, -0.25) is 0 Å². The van der Waals surface area contributed by atoms with E-state index in [4.69, 9.17) is 5.73 Å². The number of fused-ring (bicyclic) bond motifs is 1. The van der Waals surface area contributed by atoms with E-state index in [0.717, 1.165) is 8.26 Å². The van der Waals surface area contributed by atoms with Crippen LogP contribution in [0.3, 0.4) is 0 Å². The van der Waals surface area contributed by atoms with Crippen LogP contribution in [0, 0.1) is 0 Å². The zero-order valence-corrected chi connectivity index (χ0v) is 14.4. The molecule has 3 rings (SSSR count). The summed E-state index contributed by atoms with van der Waals surface area (Å²) in [7, 11) is 0. The highest BCUT2D eigenvalue weighted by Gasteiger charge is 2.27. The van der Waals surface area contributed by atoms with Crippen molar-refractivity contribution in [1.29, 1.82) is 0 Å². The Hall–Kier alpha value is -0.160. The molecule has 1 heterocycles. The summed E-state index contributed by atoms with van der Waals surface area (Å²) in [4.78, 5) is 1.25. The minimum Gasteiger partial charge on any atom is -0.323 e. The van der Waals surface area contributed by atoms with Gasteiger partial charge in [-0.25, -0.2) is 0 Å². The van der Waals surface area contributed by atoms with Gasteiger partial charge in [0, 0.05) is 21.3 Å². The number of hydrogen-bond acceptors (Lipinski definition) is 2. The second kappa shape index (κ2) is 5.68. The quantitative estimate of drug-likeness (QED) is 0.718. The van der Waals surface area contributed by atoms with Crippen LogP contribution in [0.15, 0.2) is 38.6 Å². The molecule has 0 spiro atoms. The molecule has 0 fully saturated rings. The van der Waals surface area contributed by atoms with E-state index >= 15 is 0 Å². The Kier molecular flexibility index (Phi) is 4.13. The van der Waals surface area contributed by atoms with E-state index in [2.05, 4.69) is 62.2 Å². The SMILES string of the molecule is NC(c1cc(Br)c(Br)s1)C1CCCc2ccccc21. The van der Waals surface area contributed by atoms with E-state index in [1.54, 1.807) is 11.3 Å². The van der Waals surface area contributed by atoms with Gasteiger partial charge in [0.15, 0.2) is 0 Å². The summed E-state index contributed by atoms with van der Waals surface area (Å²) in [6, 6.07) is 11.0. The maximum absolute atomic E-state index is 6.54. The largest absolute Gasteiger partial charge is 0.323 e. The van der Waals surface area contributed by atoms with E-state index in [0.29, 0.717) is 5.92 Å². The third-order valence-corrected chi connectivity index (χ3v) is 7.20. The van der Waals surface area contributed by atoms with Crippen LogP contribution in [0.25, 0.3) is 0 Å². The number of nitrogens with two attached hydrogens (primary N) is 1. The van der Waals surface area contributed by atoms with E-state index in [9.17, 15) is 0 Å². The number of aryl methyl sites for hydroxylation is 1. The summed E-state index contributed by atoms with van der Waals surface area (Å²) >= 11 is 8.84. The second-order valence-electron chi connectivity index (χ2n) is 4.99. The van der Waals surface area contributed by atoms with Crippen LogP contribution in [0.2, 0.25) is 0 Å². The fourth-order valence-electron chi connectivity index (χ4n) is 2.89. The van der Waals surface area contributed by atoms with Crippen LogP contribution >= 0.6 is 43.2 Å². The first-order chi connectivity index (χ1) is 9.16. The lowest BCUT2D eigenvalue weighted by atomic mass is 9.78. The highest BCUT2D eigenvalue weighted by Crippen LogP contribution is 2.43. The minimum absolute atomic E-state index is 0.0917. The van der Waals surface area contributed by atoms with Gasteiger partial charge in [-0.2, -0.15) is 0 Å². The molecule has 0 saturated carbocycles. The van der Waals surface area contributed by atoms with Gasteiger partial charge in [-0.1, -0.05) is 24.3 Å². The fourth-order valence-corrected chi connectivity index (χ4v) is 5.05. The molecule has 2 N–H and O–H groups in total. The van der Waals surface area contributed by atoms with Crippen molar-refractivity contribution < 1.29 is 0 Å². The van der Waals surface area contributed by atoms with E-state index in [-0.39, 0.29) is 6.04 Å². The molecule has 2 aromatic rings. The normalized spacial score (nSPS) is 20.1. The first-order valence-electron chi connectivity index (χ1n) is 6.45. The third-order valence-electron chi connectivity index (χ3n) is 3.84. The van der Waals surface area contributed by atoms with Gasteiger partial charge < -0.3 is 5.73 Å². The van der Waals surface area contributed by atoms with Crippen molar-refractivity contribution in [3.8, 4) is 0 Å². The van der Waals surface area contributed by atoms with Gasteiger partial charge >= 0.3 is 0 Å². The molecule has 0 bridgehead atoms. The van der Waals surface area contributed by atoms with Gasteiger partial charge in [0.2, 0.25) is 0 Å². The first-order valence-corrected chi connectivity index (χ1v) is 8.85. The molecule has 2 unspecified atom stereocenters. The molecule has 1 aliphatic carbocycles. The fraction of sp³-hybridized carbons (Fsp3) is 0.333. The molecule has 19 heavy (non-hydrogen) atoms. The van der Waals surface area contributed by atoms with E-state index in [1.165, 1.54) is 35.3 Å². The van der Waals surface area contributed by atoms with Gasteiger partial charge in [0.1, 0.15) is 0 Å². The van der Waals surface area contributed by atoms with Crippen molar-refractivity contribution in [2.75, 3.05) is 0 Å². The summed E-state index contributed by atoms with van der Waals surface area (Å²) in [6.45, 7) is 0. The summed E-state index contributed by atoms with van der Waals surface area (Å²) < 4.78 is 2.23. The summed E-state index contributed by atoms with van der Waals surface area (Å²) in [5.41, 5.74) is 9.46. The lowest BCUT2D eigenvalue weighted by Gasteiger charge is -2.29. The Morgan fingerprint density at radius 2 is 2.05 bits per heavy atom. The van der Waals surface area contributed by atoms with Crippen LogP contribution in [-0.2, 0) is 6.42 Å². The summed E-state index contributed by atoms with van der Waals surface area (Å²) in [6.07, 6.45) is 3.62. The van der Waals surface area contributed by atoms with Crippen molar-refractivity contribution in [2.45, 2.75) is 31.2 Å². The average molecular weight is 401 g/mol. The molecule has 0 radical (unpaired) electrons. The predicted octanol–water partition coefficient (Wildman–Crippen LogP) is 5.39. The summed E-state index contributed by atoms with van der Waals surface area (Å²) in [5.74, 6) is 0.447. The average Bonchev–Trinajstić information content (AvgIpc) is 2.77. The number of rotatable bonds is 2. The van der Waals surface area contributed by atoms with Gasteiger partial charge in [0.25, 0.3) is 0 Å². The van der Waals surface area contributed by atoms with Crippen LogP contribution < -0.4 is 5.73 Å². The van der Waals surface area contributed by atoms with Crippen LogP contribution in [0.5, 0.6) is 0 Å². The zero-order valence-electron chi connectivity index (χ0n) is 10.4. The molecule has 100 valence electrons. The monoisotopic (exact) mass is 399 g/mol. The van der Waals surface area contributed by atoms with E-state index < -0.39 is 0 Å². The number of benzene rings is 1. The maximum Gasteiger partial charge on any atom is 0.0843 e. The highest BCUT2D eigenvalue weighted by atomic mass is 79.9. The Balaban J connectivity index is 1.95. The summed E-state index contributed by atoms with van der Waals surface area (Å²) in [5, 5.41) is 0. The Bertz CT molecular complexity index is 574. The van der Waals surface area contributed by atoms with Crippen molar-refractivity contribution in [2.24, 2.45) is 5.73 Å². The predicted molar refractivity (Wildman–Crippen MR) is 88.8 cm³/mol. The molecular weight excluding hydrogens is 386 g/mol. The zero-order chi connectivity index (χ0) is 13.4. The van der Waals surface area contributed by atoms with Crippen molar-refractivity contribution >= 4 is 43.2 Å². The molecule has 4 heteroatoms. The first kappa shape index (κ1) is 13.8. The van der Waals surface area contributed by atoms with Crippen LogP contribution in [0.1, 0.15) is 40.8 Å². The van der Waals surface area contributed by atoms with Crippen LogP contribution in [0.4, 0.5) is 0 Å². The molecule has 2 atom stereocenters. The molecule has 0 aliphatic heterocycles. The molecule has 0 saturated heterocycles. The standard InChI is InChI=1S/C15H15Br2NS/c16-12-8-13(19-15(12)17)14(18)11-7-3-5-9-4-1-2-6-10(9)11/h1-2,4,6,8,11,14H,3,5,7,18H2. The third kappa shape index (κ3) is 2.68. The molecule has 1 aliphatic rings. The topological polar surface area (TPSA) is 26.0 Å². The lowest BCUT2D eigenvalue weighted by Crippen LogP contribution is -2.22. The number of hydrogen-bond donors (Lipinski definition) is 1. The molecule has 0 amide bonds.